The van der Waals surface area contributed by atoms with E-state index in [0.717, 1.165) is 0 Å². The van der Waals surface area contributed by atoms with Gasteiger partial charge in [-0.2, -0.15) is 0 Å². The van der Waals surface area contributed by atoms with Gasteiger partial charge in [-0.25, -0.2) is 34.5 Å². The lowest BCUT2D eigenvalue weighted by atomic mass is 10.1. The van der Waals surface area contributed by atoms with Crippen LogP contribution in [0.4, 0.5) is 0 Å². The number of hydrogen-bond acceptors (Lipinski definition) is 10. The van der Waals surface area contributed by atoms with E-state index in [1.807, 2.05) is 0 Å². The van der Waals surface area contributed by atoms with Crippen LogP contribution >= 0.6 is 0 Å². The number of pyridine rings is 2. The van der Waals surface area contributed by atoms with Gasteiger partial charge in [0.2, 0.25) is 0 Å². The number of carbonyl (C=O) groups is 2. The van der Waals surface area contributed by atoms with Crippen LogP contribution in [0.3, 0.4) is 0 Å². The van der Waals surface area contributed by atoms with Gasteiger partial charge >= 0.3 is 11.9 Å². The maximum absolute atomic E-state index is 12.3. The maximum atomic E-state index is 12.3. The van der Waals surface area contributed by atoms with Crippen LogP contribution in [0.25, 0.3) is 34.4 Å². The second-order valence-corrected chi connectivity index (χ2v) is 6.38. The van der Waals surface area contributed by atoms with Crippen molar-refractivity contribution >= 4 is 11.9 Å². The lowest BCUT2D eigenvalue weighted by Crippen LogP contribution is -2.05. The van der Waals surface area contributed by atoms with Crippen LogP contribution in [-0.4, -0.2) is 56.1 Å². The zero-order valence-corrected chi connectivity index (χ0v) is 17.1. The van der Waals surface area contributed by atoms with Crippen LogP contribution in [0.15, 0.2) is 61.2 Å². The average Bonchev–Trinajstić information content (AvgIpc) is 2.88. The fourth-order valence-corrected chi connectivity index (χ4v) is 2.87. The second-order valence-electron chi connectivity index (χ2n) is 6.38. The summed E-state index contributed by atoms with van der Waals surface area (Å²) in [4.78, 5) is 50.1. The lowest BCUT2D eigenvalue weighted by molar-refractivity contribution is 0.0591. The molecule has 0 aliphatic heterocycles. The number of rotatable bonds is 5. The van der Waals surface area contributed by atoms with E-state index in [2.05, 4.69) is 29.9 Å². The third-order valence-electron chi connectivity index (χ3n) is 4.37. The van der Waals surface area contributed by atoms with Crippen molar-refractivity contribution in [1.29, 1.82) is 0 Å². The molecule has 0 amide bonds. The molecule has 4 heterocycles. The first-order chi connectivity index (χ1) is 15.6. The summed E-state index contributed by atoms with van der Waals surface area (Å²) < 4.78 is 9.64. The Morgan fingerprint density at radius 3 is 1.94 bits per heavy atom. The van der Waals surface area contributed by atoms with Crippen molar-refractivity contribution in [2.75, 3.05) is 14.2 Å². The molecule has 4 aromatic rings. The van der Waals surface area contributed by atoms with Crippen molar-refractivity contribution in [2.24, 2.45) is 0 Å². The van der Waals surface area contributed by atoms with Gasteiger partial charge < -0.3 is 9.47 Å². The van der Waals surface area contributed by atoms with Crippen molar-refractivity contribution in [3.8, 4) is 34.4 Å². The summed E-state index contributed by atoms with van der Waals surface area (Å²) in [5, 5.41) is 0. The summed E-state index contributed by atoms with van der Waals surface area (Å²) >= 11 is 0. The minimum absolute atomic E-state index is 0.244. The molecule has 0 radical (unpaired) electrons. The first-order valence-corrected chi connectivity index (χ1v) is 9.35. The predicted octanol–water partition coefficient (Wildman–Crippen LogP) is 2.63. The summed E-state index contributed by atoms with van der Waals surface area (Å²) in [5.74, 6) is -0.409. The molecule has 0 unspecified atom stereocenters. The van der Waals surface area contributed by atoms with E-state index in [-0.39, 0.29) is 5.56 Å². The normalized spacial score (nSPS) is 10.4. The number of aromatic nitrogens is 6. The van der Waals surface area contributed by atoms with Gasteiger partial charge in [0.25, 0.3) is 0 Å². The van der Waals surface area contributed by atoms with Crippen molar-refractivity contribution in [3.05, 3.63) is 72.3 Å². The number of nitrogens with zero attached hydrogens (tertiary/aromatic N) is 6. The Hall–Kier alpha value is -4.60. The Balaban J connectivity index is 1.84. The van der Waals surface area contributed by atoms with Gasteiger partial charge in [0.05, 0.1) is 48.1 Å². The highest BCUT2D eigenvalue weighted by Gasteiger charge is 2.16. The largest absolute Gasteiger partial charge is 0.465 e. The molecule has 158 valence electrons. The van der Waals surface area contributed by atoms with Crippen molar-refractivity contribution in [3.63, 3.8) is 0 Å². The highest BCUT2D eigenvalue weighted by molar-refractivity contribution is 5.93. The SMILES string of the molecule is COC(=O)c1ccnc(-c2cc(C(=O)OC)cc(-c3ccnc(-c4ncccn4)n3)n2)c1. The highest BCUT2D eigenvalue weighted by Crippen LogP contribution is 2.25. The molecule has 32 heavy (non-hydrogen) atoms. The Labute approximate surface area is 182 Å². The van der Waals surface area contributed by atoms with Crippen molar-refractivity contribution in [2.45, 2.75) is 0 Å². The highest BCUT2D eigenvalue weighted by atomic mass is 16.5. The molecule has 0 fully saturated rings. The molecule has 4 rings (SSSR count). The minimum atomic E-state index is -0.556. The number of esters is 2. The van der Waals surface area contributed by atoms with E-state index < -0.39 is 11.9 Å². The number of carbonyl (C=O) groups excluding carboxylic acids is 2. The average molecular weight is 428 g/mol. The predicted molar refractivity (Wildman–Crippen MR) is 112 cm³/mol. The summed E-state index contributed by atoms with van der Waals surface area (Å²) in [6.07, 6.45) is 6.19. The van der Waals surface area contributed by atoms with E-state index >= 15 is 0 Å². The minimum Gasteiger partial charge on any atom is -0.465 e. The van der Waals surface area contributed by atoms with Crippen LogP contribution in [0.5, 0.6) is 0 Å². The Kier molecular flexibility index (Phi) is 5.84. The van der Waals surface area contributed by atoms with E-state index in [1.165, 1.54) is 38.6 Å². The van der Waals surface area contributed by atoms with Gasteiger partial charge in [-0.1, -0.05) is 0 Å². The molecule has 0 aliphatic rings. The molecule has 4 aromatic heterocycles. The molecular weight excluding hydrogens is 412 g/mol. The van der Waals surface area contributed by atoms with E-state index in [4.69, 9.17) is 9.47 Å². The van der Waals surface area contributed by atoms with Crippen molar-refractivity contribution in [1.82, 2.24) is 29.9 Å². The molecule has 0 atom stereocenters. The Morgan fingerprint density at radius 1 is 0.625 bits per heavy atom. The first kappa shape index (κ1) is 20.7. The van der Waals surface area contributed by atoms with E-state index in [1.54, 1.807) is 36.8 Å². The summed E-state index contributed by atoms with van der Waals surface area (Å²) in [6.45, 7) is 0. The molecule has 10 nitrogen and oxygen atoms in total. The van der Waals surface area contributed by atoms with Gasteiger partial charge in [-0.15, -0.1) is 0 Å². The van der Waals surface area contributed by atoms with Gasteiger partial charge in [-0.3, -0.25) is 4.98 Å². The summed E-state index contributed by atoms with van der Waals surface area (Å²) in [7, 11) is 2.58. The quantitative estimate of drug-likeness (QED) is 0.437. The van der Waals surface area contributed by atoms with Gasteiger partial charge in [0, 0.05) is 24.8 Å². The lowest BCUT2D eigenvalue weighted by Gasteiger charge is -2.09. The molecule has 0 aliphatic carbocycles. The molecule has 0 N–H and O–H groups in total. The monoisotopic (exact) mass is 428 g/mol. The second kappa shape index (κ2) is 9.04. The molecule has 0 bridgehead atoms. The van der Waals surface area contributed by atoms with Crippen LogP contribution in [0, 0.1) is 0 Å². The van der Waals surface area contributed by atoms with Gasteiger partial charge in [0.15, 0.2) is 11.6 Å². The Morgan fingerprint density at radius 2 is 1.22 bits per heavy atom. The van der Waals surface area contributed by atoms with Crippen LogP contribution in [0.2, 0.25) is 0 Å². The topological polar surface area (TPSA) is 130 Å². The van der Waals surface area contributed by atoms with Gasteiger partial charge in [0.1, 0.15) is 0 Å². The zero-order valence-electron chi connectivity index (χ0n) is 17.1. The Bertz CT molecular complexity index is 1300. The number of methoxy groups -OCH3 is 2. The van der Waals surface area contributed by atoms with Gasteiger partial charge in [-0.05, 0) is 36.4 Å². The summed E-state index contributed by atoms with van der Waals surface area (Å²) in [6, 6.07) is 9.48. The van der Waals surface area contributed by atoms with Crippen molar-refractivity contribution < 1.29 is 19.1 Å². The fourth-order valence-electron chi connectivity index (χ4n) is 2.87. The number of ether oxygens (including phenoxy) is 2. The van der Waals surface area contributed by atoms with E-state index in [0.29, 0.717) is 40.0 Å². The molecular formula is C22H16N6O4. The molecule has 10 heteroatoms. The van der Waals surface area contributed by atoms with Crippen LogP contribution in [-0.2, 0) is 9.47 Å². The smallest absolute Gasteiger partial charge is 0.338 e. The zero-order chi connectivity index (χ0) is 22.5. The molecule has 0 spiro atoms. The summed E-state index contributed by atoms with van der Waals surface area (Å²) in [5.41, 5.74) is 2.10. The van der Waals surface area contributed by atoms with Crippen LogP contribution < -0.4 is 0 Å². The maximum Gasteiger partial charge on any atom is 0.338 e. The standard InChI is InChI=1S/C22H16N6O4/c1-31-21(29)13-4-8-23-16(10-13)18-12-14(22(30)32-2)11-17(27-18)15-5-9-26-20(28-15)19-24-6-3-7-25-19/h3-12H,1-2H3. The molecule has 0 aromatic carbocycles. The molecule has 0 saturated heterocycles. The van der Waals surface area contributed by atoms with E-state index in [9.17, 15) is 9.59 Å². The third kappa shape index (κ3) is 4.29. The third-order valence-corrected chi connectivity index (χ3v) is 4.37. The number of hydrogen-bond donors (Lipinski definition) is 0. The van der Waals surface area contributed by atoms with Crippen LogP contribution in [0.1, 0.15) is 20.7 Å². The fraction of sp³-hybridized carbons (Fsp3) is 0.0909. The first-order valence-electron chi connectivity index (χ1n) is 9.35. The molecule has 0 saturated carbocycles.